The van der Waals surface area contributed by atoms with Gasteiger partial charge in [-0.05, 0) is 46.2 Å². The van der Waals surface area contributed by atoms with Crippen LogP contribution in [0.15, 0.2) is 65.3 Å². The Morgan fingerprint density at radius 1 is 1.08 bits per heavy atom. The van der Waals surface area contributed by atoms with Crippen LogP contribution in [-0.2, 0) is 4.79 Å². The van der Waals surface area contributed by atoms with Gasteiger partial charge in [-0.2, -0.15) is 0 Å². The molecule has 1 heterocycles. The standard InChI is InChI=1S/C18H15N3O3/c1-23-15-10-8-14(9-11-15)17-18(21-24-20-17)19-16(22)12-7-13-5-3-2-4-6-13/h2-12H,1H3,(H,19,21,22). The van der Waals surface area contributed by atoms with Crippen LogP contribution in [0.5, 0.6) is 5.75 Å². The summed E-state index contributed by atoms with van der Waals surface area (Å²) in [6, 6.07) is 16.8. The van der Waals surface area contributed by atoms with Crippen LogP contribution in [0.2, 0.25) is 0 Å². The highest BCUT2D eigenvalue weighted by Crippen LogP contribution is 2.26. The van der Waals surface area contributed by atoms with Crippen LogP contribution < -0.4 is 10.1 Å². The molecule has 0 saturated heterocycles. The summed E-state index contributed by atoms with van der Waals surface area (Å²) in [6.07, 6.45) is 3.15. The largest absolute Gasteiger partial charge is 0.497 e. The molecule has 0 unspecified atom stereocenters. The maximum atomic E-state index is 12.0. The third-order valence-corrected chi connectivity index (χ3v) is 3.32. The molecule has 1 aromatic heterocycles. The van der Waals surface area contributed by atoms with Gasteiger partial charge in [0.15, 0.2) is 5.69 Å². The second-order valence-corrected chi connectivity index (χ2v) is 4.92. The molecule has 0 spiro atoms. The van der Waals surface area contributed by atoms with Crippen LogP contribution in [0.25, 0.3) is 17.3 Å². The first-order chi connectivity index (χ1) is 11.8. The number of carbonyl (C=O) groups excluding carboxylic acids is 1. The van der Waals surface area contributed by atoms with Gasteiger partial charge in [0.05, 0.1) is 7.11 Å². The number of aromatic nitrogens is 2. The molecule has 2 aromatic carbocycles. The van der Waals surface area contributed by atoms with E-state index in [0.29, 0.717) is 5.69 Å². The SMILES string of the molecule is COc1ccc(-c2nonc2NC(=O)C=Cc2ccccc2)cc1. The lowest BCUT2D eigenvalue weighted by Gasteiger charge is -2.02. The quantitative estimate of drug-likeness (QED) is 0.729. The van der Waals surface area contributed by atoms with E-state index in [1.54, 1.807) is 25.3 Å². The summed E-state index contributed by atoms with van der Waals surface area (Å²) in [7, 11) is 1.59. The van der Waals surface area contributed by atoms with E-state index < -0.39 is 0 Å². The number of ether oxygens (including phenoxy) is 1. The number of nitrogens with zero attached hydrogens (tertiary/aromatic N) is 2. The van der Waals surface area contributed by atoms with Crippen LogP contribution in [0.1, 0.15) is 5.56 Å². The van der Waals surface area contributed by atoms with Crippen molar-refractivity contribution in [2.75, 3.05) is 12.4 Å². The molecule has 1 amide bonds. The Bertz CT molecular complexity index is 839. The molecule has 1 N–H and O–H groups in total. The molecule has 120 valence electrons. The topological polar surface area (TPSA) is 77.2 Å². The lowest BCUT2D eigenvalue weighted by Crippen LogP contribution is -2.09. The van der Waals surface area contributed by atoms with Crippen molar-refractivity contribution in [3.05, 3.63) is 66.2 Å². The van der Waals surface area contributed by atoms with Crippen LogP contribution in [0.3, 0.4) is 0 Å². The molecule has 0 saturated carbocycles. The summed E-state index contributed by atoms with van der Waals surface area (Å²) in [5.41, 5.74) is 2.15. The molecule has 6 heteroatoms. The van der Waals surface area contributed by atoms with Gasteiger partial charge >= 0.3 is 0 Å². The molecule has 3 rings (SSSR count). The van der Waals surface area contributed by atoms with Crippen molar-refractivity contribution < 1.29 is 14.2 Å². The predicted molar refractivity (Wildman–Crippen MR) is 90.4 cm³/mol. The molecule has 24 heavy (non-hydrogen) atoms. The third-order valence-electron chi connectivity index (χ3n) is 3.32. The van der Waals surface area contributed by atoms with Gasteiger partial charge in [0.2, 0.25) is 11.7 Å². The van der Waals surface area contributed by atoms with E-state index in [4.69, 9.17) is 9.37 Å². The van der Waals surface area contributed by atoms with Gasteiger partial charge in [-0.3, -0.25) is 4.79 Å². The van der Waals surface area contributed by atoms with Gasteiger partial charge in [-0.1, -0.05) is 30.3 Å². The average molecular weight is 321 g/mol. The van der Waals surface area contributed by atoms with E-state index >= 15 is 0 Å². The zero-order valence-electron chi connectivity index (χ0n) is 13.0. The predicted octanol–water partition coefficient (Wildman–Crippen LogP) is 3.40. The Morgan fingerprint density at radius 3 is 2.54 bits per heavy atom. The number of hydrogen-bond acceptors (Lipinski definition) is 5. The minimum atomic E-state index is -0.315. The number of rotatable bonds is 5. The van der Waals surface area contributed by atoms with Crippen LogP contribution >= 0.6 is 0 Å². The van der Waals surface area contributed by atoms with Crippen molar-refractivity contribution in [1.29, 1.82) is 0 Å². The molecule has 0 aliphatic carbocycles. The summed E-state index contributed by atoms with van der Waals surface area (Å²) in [5.74, 6) is 0.679. The van der Waals surface area contributed by atoms with E-state index in [2.05, 4.69) is 15.6 Å². The van der Waals surface area contributed by atoms with Gasteiger partial charge < -0.3 is 10.1 Å². The number of benzene rings is 2. The smallest absolute Gasteiger partial charge is 0.249 e. The highest BCUT2D eigenvalue weighted by atomic mass is 16.6. The summed E-state index contributed by atoms with van der Waals surface area (Å²) < 4.78 is 9.87. The van der Waals surface area contributed by atoms with Gasteiger partial charge in [-0.15, -0.1) is 0 Å². The normalized spacial score (nSPS) is 10.7. The molecule has 0 atom stereocenters. The minimum absolute atomic E-state index is 0.267. The van der Waals surface area contributed by atoms with Crippen LogP contribution in [0.4, 0.5) is 5.82 Å². The first-order valence-electron chi connectivity index (χ1n) is 7.27. The fourth-order valence-corrected chi connectivity index (χ4v) is 2.10. The molecule has 0 radical (unpaired) electrons. The number of amides is 1. The molecular formula is C18H15N3O3. The fraction of sp³-hybridized carbons (Fsp3) is 0.0556. The monoisotopic (exact) mass is 321 g/mol. The number of hydrogen-bond donors (Lipinski definition) is 1. The summed E-state index contributed by atoms with van der Waals surface area (Å²) in [4.78, 5) is 12.0. The number of methoxy groups -OCH3 is 1. The van der Waals surface area contributed by atoms with Crippen molar-refractivity contribution in [2.45, 2.75) is 0 Å². The van der Waals surface area contributed by atoms with Crippen molar-refractivity contribution in [2.24, 2.45) is 0 Å². The van der Waals surface area contributed by atoms with Crippen molar-refractivity contribution in [3.8, 4) is 17.0 Å². The molecule has 0 aliphatic rings. The summed E-state index contributed by atoms with van der Waals surface area (Å²) in [6.45, 7) is 0. The maximum absolute atomic E-state index is 12.0. The zero-order chi connectivity index (χ0) is 16.8. The maximum Gasteiger partial charge on any atom is 0.249 e. The van der Waals surface area contributed by atoms with E-state index in [9.17, 15) is 4.79 Å². The Hall–Kier alpha value is -3.41. The van der Waals surface area contributed by atoms with Gasteiger partial charge in [0.25, 0.3) is 0 Å². The van der Waals surface area contributed by atoms with E-state index in [1.165, 1.54) is 6.08 Å². The van der Waals surface area contributed by atoms with E-state index in [0.717, 1.165) is 16.9 Å². The van der Waals surface area contributed by atoms with E-state index in [-0.39, 0.29) is 11.7 Å². The average Bonchev–Trinajstić information content (AvgIpc) is 3.09. The molecular weight excluding hydrogens is 306 g/mol. The Labute approximate surface area is 138 Å². The zero-order valence-corrected chi connectivity index (χ0v) is 13.0. The first-order valence-corrected chi connectivity index (χ1v) is 7.27. The molecule has 0 aliphatic heterocycles. The highest BCUT2D eigenvalue weighted by Gasteiger charge is 2.14. The van der Waals surface area contributed by atoms with Gasteiger partial charge in [-0.25, -0.2) is 4.63 Å². The highest BCUT2D eigenvalue weighted by molar-refractivity contribution is 6.02. The minimum Gasteiger partial charge on any atom is -0.497 e. The Kier molecular flexibility index (Phi) is 4.67. The second kappa shape index (κ2) is 7.23. The van der Waals surface area contributed by atoms with Gasteiger partial charge in [0.1, 0.15) is 5.75 Å². The third kappa shape index (κ3) is 3.67. The Balaban J connectivity index is 1.73. The van der Waals surface area contributed by atoms with Crippen molar-refractivity contribution in [1.82, 2.24) is 10.3 Å². The lowest BCUT2D eigenvalue weighted by molar-refractivity contribution is -0.111. The molecule has 0 bridgehead atoms. The number of nitrogens with one attached hydrogen (secondary N) is 1. The van der Waals surface area contributed by atoms with Crippen molar-refractivity contribution in [3.63, 3.8) is 0 Å². The Morgan fingerprint density at radius 2 is 1.83 bits per heavy atom. The second-order valence-electron chi connectivity index (χ2n) is 4.92. The first kappa shape index (κ1) is 15.5. The lowest BCUT2D eigenvalue weighted by atomic mass is 10.1. The number of carbonyl (C=O) groups is 1. The molecule has 0 fully saturated rings. The molecule has 3 aromatic rings. The number of anilines is 1. The van der Waals surface area contributed by atoms with Gasteiger partial charge in [0, 0.05) is 11.6 Å². The summed E-state index contributed by atoms with van der Waals surface area (Å²) >= 11 is 0. The fourth-order valence-electron chi connectivity index (χ4n) is 2.10. The summed E-state index contributed by atoms with van der Waals surface area (Å²) in [5, 5.41) is 10.3. The molecule has 6 nitrogen and oxygen atoms in total. The van der Waals surface area contributed by atoms with Crippen LogP contribution in [0, 0.1) is 0 Å². The van der Waals surface area contributed by atoms with Crippen molar-refractivity contribution >= 4 is 17.8 Å². The van der Waals surface area contributed by atoms with Crippen LogP contribution in [-0.4, -0.2) is 23.3 Å². The van der Waals surface area contributed by atoms with E-state index in [1.807, 2.05) is 42.5 Å².